The van der Waals surface area contributed by atoms with Crippen LogP contribution in [-0.4, -0.2) is 140 Å². The summed E-state index contributed by atoms with van der Waals surface area (Å²) in [5, 5.41) is 64.1. The Morgan fingerprint density at radius 2 is 1.32 bits per heavy atom. The Bertz CT molecular complexity index is 2150. The number of ether oxygens (including phenoxy) is 3. The number of cyclic esters (lactones) is 1. The highest BCUT2D eigenvalue weighted by atomic mass is 35.5. The maximum absolute atomic E-state index is 14.3. The van der Waals surface area contributed by atoms with E-state index in [0.717, 1.165) is 25.7 Å². The van der Waals surface area contributed by atoms with Gasteiger partial charge in [-0.25, -0.2) is 0 Å². The van der Waals surface area contributed by atoms with Crippen molar-refractivity contribution < 1.29 is 61.7 Å². The fourth-order valence-corrected chi connectivity index (χ4v) is 17.2. The van der Waals surface area contributed by atoms with Crippen LogP contribution in [0.3, 0.4) is 0 Å². The van der Waals surface area contributed by atoms with E-state index in [1.165, 1.54) is 72.7 Å². The van der Waals surface area contributed by atoms with Gasteiger partial charge in [-0.05, 0) is 117 Å². The second-order valence-corrected chi connectivity index (χ2v) is 26.1. The maximum Gasteiger partial charge on any atom is 0.311 e. The number of aliphatic hydroxyl groups is 5. The number of likely N-dealkylation sites (N-methyl/N-ethyl adjacent to an activating group) is 1. The average Bonchev–Trinajstić information content (AvgIpc) is 3.64. The molecule has 0 unspecified atom stereocenters. The van der Waals surface area contributed by atoms with Crippen LogP contribution in [-0.2, 0) is 23.8 Å². The van der Waals surface area contributed by atoms with E-state index in [9.17, 15) is 35.1 Å². The minimum atomic E-state index is -1.95. The third-order valence-corrected chi connectivity index (χ3v) is 21.1. The normalized spacial score (nSPS) is 32.9. The number of carbonyl (C=O) groups is 2. The molecule has 0 aromatic heterocycles. The Morgan fingerprint density at radius 3 is 1.88 bits per heavy atom. The number of hydrogen-bond acceptors (Lipinski definition) is 11. The minimum absolute atomic E-state index is 0. The first-order chi connectivity index (χ1) is 34.2. The van der Waals surface area contributed by atoms with Crippen LogP contribution in [0.25, 0.3) is 11.1 Å². The van der Waals surface area contributed by atoms with Gasteiger partial charge in [0.15, 0.2) is 6.29 Å². The number of halogens is 1. The van der Waals surface area contributed by atoms with Crippen molar-refractivity contribution in [1.82, 2.24) is 9.80 Å². The summed E-state index contributed by atoms with van der Waals surface area (Å²) in [7, 11) is 1.99. The molecule has 3 aliphatic heterocycles. The molecule has 0 saturated carbocycles. The maximum atomic E-state index is 14.3. The Balaban J connectivity index is 0.00000988. The molecule has 408 valence electrons. The lowest BCUT2D eigenvalue weighted by atomic mass is 9.78. The molecule has 3 aromatic rings. The van der Waals surface area contributed by atoms with Crippen LogP contribution in [0.15, 0.2) is 78.9 Å². The zero-order chi connectivity index (χ0) is 52.5. The Labute approximate surface area is 444 Å². The number of rotatable bonds is 17. The molecule has 73 heavy (non-hydrogen) atoms. The van der Waals surface area contributed by atoms with Crippen LogP contribution in [0.1, 0.15) is 139 Å². The van der Waals surface area contributed by atoms with E-state index in [2.05, 4.69) is 78.9 Å². The number of amides is 1. The molecule has 0 aliphatic carbocycles. The Hall–Kier alpha value is -3.00. The van der Waals surface area contributed by atoms with Gasteiger partial charge in [-0.15, -0.1) is 0 Å². The number of fused-ring (bicyclic) bond motifs is 3. The first-order valence-electron chi connectivity index (χ1n) is 27.3. The summed E-state index contributed by atoms with van der Waals surface area (Å²) in [6.45, 7) is 13.6. The lowest BCUT2D eigenvalue weighted by molar-refractivity contribution is -0.299. The van der Waals surface area contributed by atoms with Gasteiger partial charge in [-0.2, -0.15) is 0 Å². The van der Waals surface area contributed by atoms with Gasteiger partial charge in [-0.1, -0.05) is 114 Å². The molecule has 14 heteroatoms. The summed E-state index contributed by atoms with van der Waals surface area (Å²) < 4.78 is 18.6. The SMILES string of the molecule is CC[C@H]1OC(=O)[C@H](C)[C@@H](O)[C@H](C)[C@@H](O[C@@H]2O[C@H](C)C[C@H](N(C)C)[C@H]2O)[C@](C)(O)C[C@@H](C)CN(C(=O)CCCCCCCCCCC[P+]2(c3ccccc3)c3ccccc3-c3ccccc32)[C@H](C)[C@@H](O)[C@]1(C)O.[Cl-]. The molecule has 14 atom stereocenters. The molecule has 3 aromatic carbocycles. The molecule has 0 bridgehead atoms. The number of esters is 1. The molecule has 2 saturated heterocycles. The molecular weight excluding hydrogens is 963 g/mol. The van der Waals surface area contributed by atoms with Crippen molar-refractivity contribution >= 4 is 35.1 Å². The van der Waals surface area contributed by atoms with Crippen LogP contribution >= 0.6 is 7.26 Å². The van der Waals surface area contributed by atoms with Gasteiger partial charge in [0.1, 0.15) is 47.1 Å². The fraction of sp³-hybridized carbons (Fsp3) is 0.661. The Kier molecular flexibility index (Phi) is 22.4. The molecular formula is C59H90ClN2O10P. The van der Waals surface area contributed by atoms with Crippen molar-refractivity contribution in [2.75, 3.05) is 26.8 Å². The van der Waals surface area contributed by atoms with Crippen LogP contribution in [0.4, 0.5) is 0 Å². The summed E-state index contributed by atoms with van der Waals surface area (Å²) in [5.74, 6) is -3.31. The van der Waals surface area contributed by atoms with E-state index in [-0.39, 0.29) is 62.2 Å². The van der Waals surface area contributed by atoms with Crippen molar-refractivity contribution in [2.24, 2.45) is 17.8 Å². The third kappa shape index (κ3) is 14.0. The van der Waals surface area contributed by atoms with Crippen molar-refractivity contribution in [2.45, 2.75) is 205 Å². The summed E-state index contributed by atoms with van der Waals surface area (Å²) in [6.07, 6.45) is 4.13. The lowest BCUT2D eigenvalue weighted by Gasteiger charge is -2.46. The van der Waals surface area contributed by atoms with Crippen LogP contribution in [0.2, 0.25) is 0 Å². The van der Waals surface area contributed by atoms with Gasteiger partial charge in [0.05, 0.1) is 42.0 Å². The molecule has 0 spiro atoms. The lowest BCUT2D eigenvalue weighted by Crippen LogP contribution is -3.00. The number of aliphatic hydroxyl groups excluding tert-OH is 3. The van der Waals surface area contributed by atoms with Gasteiger partial charge in [0.25, 0.3) is 0 Å². The molecule has 6 rings (SSSR count). The van der Waals surface area contributed by atoms with Crippen molar-refractivity contribution in [1.29, 1.82) is 0 Å². The summed E-state index contributed by atoms with van der Waals surface area (Å²) in [5.41, 5.74) is -0.828. The zero-order valence-electron chi connectivity index (χ0n) is 45.5. The number of unbranched alkanes of at least 4 members (excludes halogenated alkanes) is 8. The van der Waals surface area contributed by atoms with Crippen molar-refractivity contribution in [3.8, 4) is 11.1 Å². The van der Waals surface area contributed by atoms with Gasteiger partial charge in [0.2, 0.25) is 5.91 Å². The van der Waals surface area contributed by atoms with Gasteiger partial charge >= 0.3 is 5.97 Å². The standard InChI is InChI=1S/C59H90N2O10P.ClH/c1-11-50-59(8,68)54(65)43(6)61(38-39(2)37-58(7,67)55(41(4)52(63)42(5)56(66)70-50)71-57-53(64)47(60(9)10)36-40(3)69-57)51(62)34-22-17-15-13-12-14-16-18-27-35-72(44-28-20-19-21-29-44)48-32-25-23-30-45(48)46-31-24-26-33-49(46)72;/h19-21,23-26,28-33,39-43,47,50,52-55,57,63-65,67-68H,11-18,22,27,34-38H2,1-10H3;1H/q+1;/p-1/t39-,40-,41+,42-,43-,47+,50-,52+,53-,54-,55-,57+,58-,59-;/m1./s1. The highest BCUT2D eigenvalue weighted by Gasteiger charge is 2.53. The van der Waals surface area contributed by atoms with E-state index >= 15 is 0 Å². The van der Waals surface area contributed by atoms with E-state index in [1.807, 2.05) is 32.8 Å². The number of hydrogen-bond donors (Lipinski definition) is 5. The molecule has 2 fully saturated rings. The quantitative estimate of drug-likeness (QED) is 0.0719. The highest BCUT2D eigenvalue weighted by molar-refractivity contribution is 7.96. The predicted molar refractivity (Wildman–Crippen MR) is 289 cm³/mol. The molecule has 3 aliphatic rings. The highest BCUT2D eigenvalue weighted by Crippen LogP contribution is 2.62. The molecule has 0 radical (unpaired) electrons. The minimum Gasteiger partial charge on any atom is -1.00 e. The molecule has 12 nitrogen and oxygen atoms in total. The number of nitrogens with zero attached hydrogens (tertiary/aromatic N) is 2. The topological polar surface area (TPSA) is 169 Å². The second kappa shape index (κ2) is 26.9. The first-order valence-corrected chi connectivity index (χ1v) is 29.2. The largest absolute Gasteiger partial charge is 1.00 e. The average molecular weight is 1050 g/mol. The van der Waals surface area contributed by atoms with E-state index in [1.54, 1.807) is 32.6 Å². The van der Waals surface area contributed by atoms with Gasteiger partial charge in [-0.3, -0.25) is 9.59 Å². The second-order valence-electron chi connectivity index (χ2n) is 22.6. The summed E-state index contributed by atoms with van der Waals surface area (Å²) in [6, 6.07) is 28.1. The first kappa shape index (κ1) is 60.9. The van der Waals surface area contributed by atoms with E-state index in [4.69, 9.17) is 14.2 Å². The van der Waals surface area contributed by atoms with Crippen molar-refractivity contribution in [3.63, 3.8) is 0 Å². The van der Waals surface area contributed by atoms with Crippen LogP contribution in [0.5, 0.6) is 0 Å². The predicted octanol–water partition coefficient (Wildman–Crippen LogP) is 4.75. The fourth-order valence-electron chi connectivity index (χ4n) is 12.4. The van der Waals surface area contributed by atoms with Gasteiger partial charge < -0.3 is 62.0 Å². The molecule has 5 N–H and O–H groups in total. The third-order valence-electron chi connectivity index (χ3n) is 16.5. The number of carbonyl (C=O) groups excluding carboxylic acids is 2. The van der Waals surface area contributed by atoms with E-state index in [0.29, 0.717) is 12.8 Å². The van der Waals surface area contributed by atoms with Gasteiger partial charge in [0, 0.05) is 36.1 Å². The van der Waals surface area contributed by atoms with E-state index < -0.39 is 79.1 Å². The molecule has 1 amide bonds. The summed E-state index contributed by atoms with van der Waals surface area (Å²) >= 11 is 0. The number of benzene rings is 3. The monoisotopic (exact) mass is 1050 g/mol. The van der Waals surface area contributed by atoms with Crippen LogP contribution in [0, 0.1) is 17.8 Å². The smallest absolute Gasteiger partial charge is 0.311 e. The Morgan fingerprint density at radius 1 is 0.781 bits per heavy atom. The zero-order valence-corrected chi connectivity index (χ0v) is 47.2. The van der Waals surface area contributed by atoms with Crippen LogP contribution < -0.4 is 28.3 Å². The van der Waals surface area contributed by atoms with Crippen molar-refractivity contribution in [3.05, 3.63) is 78.9 Å². The molecule has 3 heterocycles. The summed E-state index contributed by atoms with van der Waals surface area (Å²) in [4.78, 5) is 31.6.